The quantitative estimate of drug-likeness (QED) is 0.0109. The Labute approximate surface area is 761 Å². The number of hydrogen-bond acceptors (Lipinski definition) is 36. The van der Waals surface area contributed by atoms with Gasteiger partial charge in [-0.3, -0.25) is 38.5 Å². The minimum Gasteiger partial charge on any atom is -0.535 e. The van der Waals surface area contributed by atoms with E-state index in [1.807, 2.05) is 20.8 Å². The van der Waals surface area contributed by atoms with Crippen LogP contribution in [0.15, 0.2) is 56.2 Å². The van der Waals surface area contributed by atoms with Crippen LogP contribution in [0.1, 0.15) is 189 Å². The summed E-state index contributed by atoms with van der Waals surface area (Å²) in [4.78, 5) is 148. The summed E-state index contributed by atoms with van der Waals surface area (Å²) in [6.45, 7) is 39.9. The van der Waals surface area contributed by atoms with E-state index in [9.17, 15) is 67.7 Å². The van der Waals surface area contributed by atoms with Gasteiger partial charge < -0.3 is 109 Å². The number of esters is 4. The minimum atomic E-state index is -1.24. The molecule has 0 saturated heterocycles. The van der Waals surface area contributed by atoms with Gasteiger partial charge in [0.15, 0.2) is 5.82 Å². The Hall–Kier alpha value is -12.8. The van der Waals surface area contributed by atoms with Gasteiger partial charge in [0, 0.05) is 76.5 Å². The molecule has 51 heteroatoms. The number of aromatic amines is 1. The summed E-state index contributed by atoms with van der Waals surface area (Å²) >= 11 is 3.19. The van der Waals surface area contributed by atoms with Gasteiger partial charge in [-0.15, -0.1) is 30.6 Å². The Bertz CT molecular complexity index is 4510. The van der Waals surface area contributed by atoms with Gasteiger partial charge in [0.1, 0.15) is 139 Å². The molecular weight excluding hydrogens is 1780 g/mol. The fourth-order valence-electron chi connectivity index (χ4n) is 10.1. The molecule has 0 radical (unpaired) electrons. The highest BCUT2D eigenvalue weighted by Gasteiger charge is 2.38. The van der Waals surface area contributed by atoms with Gasteiger partial charge in [-0.05, 0) is 150 Å². The number of hydrogen-bond donors (Lipinski definition) is 10. The van der Waals surface area contributed by atoms with E-state index in [1.54, 1.807) is 146 Å². The summed E-state index contributed by atoms with van der Waals surface area (Å²) < 4.78 is 58.1. The number of nitrogens with zero attached hydrogens (tertiary/aromatic N) is 17. The second-order valence-corrected chi connectivity index (χ2v) is 33.0. The largest absolute Gasteiger partial charge is 0.535 e. The highest BCUT2D eigenvalue weighted by Crippen LogP contribution is 2.36. The number of fused-ring (bicyclic) bond motifs is 1. The summed E-state index contributed by atoms with van der Waals surface area (Å²) in [5, 5.41) is 78.8. The number of ketones is 1. The number of nitrogens with one attached hydrogen (secondary N) is 6. The molecule has 1 aliphatic heterocycles. The van der Waals surface area contributed by atoms with Crippen LogP contribution in [0.3, 0.4) is 0 Å². The number of H-pyrrole nitrogens is 1. The number of carboxylic acid groups (broad SMARTS) is 2. The molecule has 0 unspecified atom stereocenters. The van der Waals surface area contributed by atoms with Gasteiger partial charge in [0.05, 0.1) is 51.5 Å². The number of ether oxygens (including phenoxy) is 9. The fraction of sp³-hybridized carbons (Fsp3) is 0.620. The molecule has 722 valence electrons. The number of para-hydroxylation sites is 1. The third-order valence-electron chi connectivity index (χ3n) is 15.1. The van der Waals surface area contributed by atoms with Crippen molar-refractivity contribution >= 4 is 95.1 Å². The van der Waals surface area contributed by atoms with Crippen molar-refractivity contribution < 1.29 is 120 Å². The zero-order valence-corrected chi connectivity index (χ0v) is 78.8. The molecule has 1 aromatic carbocycles. The molecule has 5 amide bonds. The average Bonchev–Trinajstić information content (AvgIpc) is 0.846. The van der Waals surface area contributed by atoms with Crippen molar-refractivity contribution in [1.29, 1.82) is 0 Å². The molecule has 0 aliphatic carbocycles. The van der Waals surface area contributed by atoms with Gasteiger partial charge in [-0.25, -0.2) is 48.4 Å². The van der Waals surface area contributed by atoms with Crippen LogP contribution in [0.5, 0.6) is 5.75 Å². The predicted octanol–water partition coefficient (Wildman–Crippen LogP) is 4.89. The van der Waals surface area contributed by atoms with E-state index in [4.69, 9.17) is 53.4 Å². The van der Waals surface area contributed by atoms with E-state index in [0.717, 1.165) is 5.33 Å². The molecule has 7 heterocycles. The zero-order chi connectivity index (χ0) is 97.8. The van der Waals surface area contributed by atoms with Crippen LogP contribution in [0.2, 0.25) is 5.82 Å². The van der Waals surface area contributed by atoms with Crippen molar-refractivity contribution in [2.75, 3.05) is 71.0 Å². The maximum atomic E-state index is 12.4. The summed E-state index contributed by atoms with van der Waals surface area (Å²) in [7, 11) is -1.24. The van der Waals surface area contributed by atoms with Crippen LogP contribution in [-0.2, 0) is 149 Å². The van der Waals surface area contributed by atoms with Crippen LogP contribution in [-0.4, -0.2) is 282 Å². The Kier molecular flexibility index (Phi) is 51.0. The number of benzene rings is 1. The lowest BCUT2D eigenvalue weighted by molar-refractivity contribution is -0.143. The molecule has 49 nitrogen and oxygen atoms in total. The number of alkyl carbamates (subject to hydrolysis) is 5. The number of amides is 5. The fourth-order valence-corrected chi connectivity index (χ4v) is 10.3. The SMILES string of the molecule is CC(C)(C)OC(=O)NCCBr.CC(C)(C)OC(=O)NCCn1cnnc1CC(=O)O.CCOC(=O)Cc1ncn(CCNC(=O)OC(C)(C)C)n1.CCOC(=O)Cc1ncn[nH]1.CCOC(=O)Cc1ncnn1CCNC(=O)OC(C)(C)C.CCOC(=O)Cc1nncn1CCNC(=O)OC(C)(C)C.NCCn1cnnc1CC(=O)C[C@H]1Cc2cccc(C(=O)O)c2OB1O. The van der Waals surface area contributed by atoms with Gasteiger partial charge in [-0.2, -0.15) is 15.3 Å². The second-order valence-electron chi connectivity index (χ2n) is 32.2. The number of halogens is 1. The molecule has 11 N–H and O–H groups in total. The number of rotatable bonds is 35. The Morgan fingerprint density at radius 1 is 0.508 bits per heavy atom. The number of nitrogens with two attached hydrogens (primary N) is 1. The normalized spacial score (nSPS) is 11.9. The maximum Gasteiger partial charge on any atom is 0.526 e. The standard InChI is InChI=1S/C16H19BN4O5.3C13H22N4O4.C11H18N4O4.C7H14BrNO2.C6H9N3O2/c18-4-5-21-9-19-20-14(21)8-12(22)7-11-6-10-2-1-3-13(16(23)24)15(10)26-17(11)25;1-5-20-11(18)8-10-16-15-9-17(10)7-6-14-12(19)21-13(2,3)4;1-5-20-11(18)8-10-15-9-17(16-10)7-6-14-12(19)21-13(2,3)4;1-5-20-11(18)8-10-15-9-16-17(10)7-6-14-12(19)21-13(2,3)4;1-11(2,3)19-10(18)12-4-5-15-7-13-14-8(15)6-9(16)17;1-7(2,3)11-6(10)9-5-4-8;1-2-11-6(10)3-5-7-4-8-9-5/h1-3,9,11,25H,4-8,18H2,(H,23,24);3*9H,5-8H2,1-4H3,(H,14,19);7H,4-6H2,1-3H3,(H,12,18)(H,16,17);4-5H2,1-3H3,(H,9,10);4H,2-3H2,1H3,(H,7,8,9)/t11-;;;;;;/m1....../s1. The number of alkyl halides is 1. The van der Waals surface area contributed by atoms with Crippen molar-refractivity contribution in [1.82, 2.24) is 116 Å². The van der Waals surface area contributed by atoms with Crippen LogP contribution in [0, 0.1) is 0 Å². The molecule has 1 atom stereocenters. The molecule has 0 fully saturated rings. The van der Waals surface area contributed by atoms with Gasteiger partial charge in [-0.1, -0.05) is 28.1 Å². The summed E-state index contributed by atoms with van der Waals surface area (Å²) in [5.74, 6) is -1.06. The lowest BCUT2D eigenvalue weighted by Gasteiger charge is -2.28. The van der Waals surface area contributed by atoms with Crippen molar-refractivity contribution in [2.45, 2.75) is 249 Å². The Balaban J connectivity index is 0.000000522. The average molecular weight is 1900 g/mol. The second kappa shape index (κ2) is 58.6. The maximum absolute atomic E-state index is 12.4. The molecule has 0 spiro atoms. The van der Waals surface area contributed by atoms with E-state index in [1.165, 1.54) is 44.0 Å². The van der Waals surface area contributed by atoms with Crippen LogP contribution >= 0.6 is 15.9 Å². The van der Waals surface area contributed by atoms with E-state index in [-0.39, 0.29) is 92.0 Å². The van der Waals surface area contributed by atoms with E-state index in [0.29, 0.717) is 145 Å². The zero-order valence-electron chi connectivity index (χ0n) is 77.2. The number of Topliss-reactive ketones (excluding diaryl/α,β-unsaturated/α-hetero) is 1. The van der Waals surface area contributed by atoms with Crippen LogP contribution in [0.4, 0.5) is 24.0 Å². The smallest absolute Gasteiger partial charge is 0.526 e. The molecule has 7 aromatic rings. The highest BCUT2D eigenvalue weighted by molar-refractivity contribution is 9.09. The van der Waals surface area contributed by atoms with E-state index >= 15 is 0 Å². The number of aliphatic carboxylic acids is 1. The highest BCUT2D eigenvalue weighted by atomic mass is 79.9. The topological polar surface area (TPSA) is 639 Å². The van der Waals surface area contributed by atoms with Crippen LogP contribution < -0.4 is 37.0 Å². The van der Waals surface area contributed by atoms with Crippen molar-refractivity contribution in [3.63, 3.8) is 0 Å². The first kappa shape index (κ1) is 113. The third kappa shape index (κ3) is 52.5. The summed E-state index contributed by atoms with van der Waals surface area (Å²) in [6, 6.07) is 4.78. The Morgan fingerprint density at radius 3 is 1.35 bits per heavy atom. The van der Waals surface area contributed by atoms with Gasteiger partial charge >= 0.3 is 73.4 Å². The first-order valence-corrected chi connectivity index (χ1v) is 42.5. The predicted molar refractivity (Wildman–Crippen MR) is 466 cm³/mol. The number of aromatic carboxylic acids is 1. The lowest BCUT2D eigenvalue weighted by Crippen LogP contribution is -2.36. The van der Waals surface area contributed by atoms with E-state index in [2.05, 4.69) is 113 Å². The Morgan fingerprint density at radius 2 is 0.923 bits per heavy atom. The monoisotopic (exact) mass is 1900 g/mol. The first-order chi connectivity index (χ1) is 61.0. The molecular formula is C79H126BBrN24O25. The summed E-state index contributed by atoms with van der Waals surface area (Å²) in [6.07, 6.45) is 7.00. The summed E-state index contributed by atoms with van der Waals surface area (Å²) in [5.41, 5.74) is 3.64. The van der Waals surface area contributed by atoms with Crippen molar-refractivity contribution in [2.24, 2.45) is 5.73 Å². The molecule has 6 aromatic heterocycles. The molecule has 130 heavy (non-hydrogen) atoms. The van der Waals surface area contributed by atoms with Gasteiger partial charge in [0.2, 0.25) is 0 Å². The minimum absolute atomic E-state index is 0.00112. The number of carbonyl (C=O) groups is 12. The van der Waals surface area contributed by atoms with Gasteiger partial charge in [0.25, 0.3) is 0 Å². The molecule has 0 bridgehead atoms. The molecule has 1 aliphatic rings. The molecule has 0 saturated carbocycles. The first-order valence-electron chi connectivity index (χ1n) is 41.3. The number of carbonyl (C=O) groups excluding carboxylic acids is 10. The van der Waals surface area contributed by atoms with Crippen molar-refractivity contribution in [3.05, 3.63) is 102 Å². The van der Waals surface area contributed by atoms with Crippen molar-refractivity contribution in [3.8, 4) is 5.75 Å². The van der Waals surface area contributed by atoms with E-state index < -0.39 is 77.3 Å². The number of aromatic nitrogens is 18. The molecule has 8 rings (SSSR count). The lowest BCUT2D eigenvalue weighted by atomic mass is 9.64. The third-order valence-corrected chi connectivity index (χ3v) is 15.4. The van der Waals surface area contributed by atoms with Crippen LogP contribution in [0.25, 0.3) is 0 Å². The number of carboxylic acids is 2.